The highest BCUT2D eigenvalue weighted by Gasteiger charge is 2.40. The topological polar surface area (TPSA) is 34.4 Å². The molecule has 0 saturated carbocycles. The predicted molar refractivity (Wildman–Crippen MR) is 112 cm³/mol. The Morgan fingerprint density at radius 1 is 1.32 bits per heavy atom. The molecule has 1 aromatic heterocycles. The first-order chi connectivity index (χ1) is 11.9. The van der Waals surface area contributed by atoms with E-state index in [0.29, 0.717) is 6.85 Å². The number of hydrogen-bond donors (Lipinski definition) is 0. The van der Waals surface area contributed by atoms with Gasteiger partial charge in [0, 0.05) is 22.1 Å². The molecule has 1 unspecified atom stereocenters. The Labute approximate surface area is 161 Å². The maximum absolute atomic E-state index is 11.9. The Morgan fingerprint density at radius 2 is 1.92 bits per heavy atom. The van der Waals surface area contributed by atoms with Crippen molar-refractivity contribution in [2.45, 2.75) is 85.4 Å². The fourth-order valence-corrected chi connectivity index (χ4v) is 4.68. The third kappa shape index (κ3) is 4.47. The van der Waals surface area contributed by atoms with Gasteiger partial charge in [-0.2, -0.15) is 0 Å². The normalized spacial score (nSPS) is 19.1. The van der Waals surface area contributed by atoms with Crippen molar-refractivity contribution in [2.75, 3.05) is 0 Å². The number of rotatable bonds is 9. The molecule has 1 aromatic rings. The van der Waals surface area contributed by atoms with Crippen molar-refractivity contribution in [3.8, 4) is 0 Å². The van der Waals surface area contributed by atoms with Crippen LogP contribution in [0.3, 0.4) is 0 Å². The van der Waals surface area contributed by atoms with E-state index in [1.807, 2.05) is 0 Å². The number of nitrogens with zero attached hydrogens (tertiary/aromatic N) is 2. The molecule has 0 N–H and O–H groups in total. The van der Waals surface area contributed by atoms with Crippen molar-refractivity contribution in [1.29, 1.82) is 0 Å². The molecule has 0 aliphatic carbocycles. The van der Waals surface area contributed by atoms with Crippen LogP contribution in [-0.2, 0) is 0 Å². The molecule has 0 radical (unpaired) electrons. The Kier molecular flexibility index (Phi) is 7.13. The van der Waals surface area contributed by atoms with E-state index in [9.17, 15) is 4.79 Å². The molecular formula is C20H32BBrN2O. The van der Waals surface area contributed by atoms with Gasteiger partial charge in [-0.1, -0.05) is 66.0 Å². The Hall–Kier alpha value is -0.835. The van der Waals surface area contributed by atoms with Gasteiger partial charge in [0.05, 0.1) is 11.6 Å². The van der Waals surface area contributed by atoms with E-state index in [1.54, 1.807) is 0 Å². The van der Waals surface area contributed by atoms with Gasteiger partial charge in [0.15, 0.2) is 6.29 Å². The standard InChI is InChI=1S/C20H32BBrN2O/c1-6-8-10-21(11-9-7-2)24-13-17(22)16(14-25)18(24)19-20(4,5)12-15(3)23-19/h13-14,19H,6-12H2,1-5H3. The first kappa shape index (κ1) is 20.5. The lowest BCUT2D eigenvalue weighted by molar-refractivity contribution is 0.112. The number of carbonyl (C=O) groups is 1. The van der Waals surface area contributed by atoms with Gasteiger partial charge >= 0.3 is 0 Å². The lowest BCUT2D eigenvalue weighted by atomic mass is 9.53. The second-order valence-electron chi connectivity index (χ2n) is 8.17. The van der Waals surface area contributed by atoms with Crippen LogP contribution in [0.5, 0.6) is 0 Å². The summed E-state index contributed by atoms with van der Waals surface area (Å²) in [4.78, 5) is 16.8. The summed E-state index contributed by atoms with van der Waals surface area (Å²) >= 11 is 3.63. The number of aromatic nitrogens is 1. The number of carbonyl (C=O) groups excluding carboxylic acids is 1. The summed E-state index contributed by atoms with van der Waals surface area (Å²) < 4.78 is 3.29. The van der Waals surface area contributed by atoms with E-state index in [0.717, 1.165) is 28.4 Å². The third-order valence-corrected chi connectivity index (χ3v) is 6.05. The summed E-state index contributed by atoms with van der Waals surface area (Å²) in [5.41, 5.74) is 3.14. The van der Waals surface area contributed by atoms with Crippen LogP contribution in [0.25, 0.3) is 0 Å². The van der Waals surface area contributed by atoms with Crippen LogP contribution in [-0.4, -0.2) is 23.3 Å². The molecule has 0 aromatic carbocycles. The molecule has 5 heteroatoms. The van der Waals surface area contributed by atoms with E-state index in [1.165, 1.54) is 44.0 Å². The molecule has 1 aliphatic rings. The summed E-state index contributed by atoms with van der Waals surface area (Å²) in [6.07, 6.45) is 11.3. The molecule has 0 fully saturated rings. The van der Waals surface area contributed by atoms with Gasteiger partial charge < -0.3 is 4.48 Å². The zero-order valence-electron chi connectivity index (χ0n) is 16.4. The molecular weight excluding hydrogens is 375 g/mol. The Morgan fingerprint density at radius 3 is 2.36 bits per heavy atom. The van der Waals surface area contributed by atoms with Gasteiger partial charge in [-0.05, 0) is 34.7 Å². The van der Waals surface area contributed by atoms with Crippen molar-refractivity contribution in [1.82, 2.24) is 4.48 Å². The van der Waals surface area contributed by atoms with E-state index in [4.69, 9.17) is 4.99 Å². The van der Waals surface area contributed by atoms with Crippen molar-refractivity contribution < 1.29 is 4.79 Å². The van der Waals surface area contributed by atoms with Gasteiger partial charge in [0.25, 0.3) is 6.85 Å². The summed E-state index contributed by atoms with van der Waals surface area (Å²) in [6.45, 7) is 11.6. The molecule has 3 nitrogen and oxygen atoms in total. The first-order valence-electron chi connectivity index (χ1n) is 9.74. The highest BCUT2D eigenvalue weighted by atomic mass is 79.9. The highest BCUT2D eigenvalue weighted by Crippen LogP contribution is 2.47. The molecule has 138 valence electrons. The second kappa shape index (κ2) is 8.70. The molecule has 0 amide bonds. The minimum Gasteiger partial charge on any atom is -0.392 e. The maximum Gasteiger partial charge on any atom is 0.259 e. The number of aldehydes is 1. The lowest BCUT2D eigenvalue weighted by Gasteiger charge is -2.29. The van der Waals surface area contributed by atoms with Gasteiger partial charge in [0.2, 0.25) is 0 Å². The fraction of sp³-hybridized carbons (Fsp3) is 0.700. The number of halogens is 1. The second-order valence-corrected chi connectivity index (χ2v) is 9.03. The Balaban J connectivity index is 2.52. The largest absolute Gasteiger partial charge is 0.392 e. The zero-order chi connectivity index (χ0) is 18.6. The highest BCUT2D eigenvalue weighted by molar-refractivity contribution is 9.10. The average molecular weight is 407 g/mol. The van der Waals surface area contributed by atoms with Gasteiger partial charge in [-0.3, -0.25) is 9.79 Å². The molecule has 0 spiro atoms. The van der Waals surface area contributed by atoms with Crippen LogP contribution in [0.15, 0.2) is 15.7 Å². The lowest BCUT2D eigenvalue weighted by Crippen LogP contribution is -2.29. The predicted octanol–water partition coefficient (Wildman–Crippen LogP) is 6.43. The van der Waals surface area contributed by atoms with E-state index in [-0.39, 0.29) is 11.5 Å². The van der Waals surface area contributed by atoms with Crippen molar-refractivity contribution in [2.24, 2.45) is 10.4 Å². The quantitative estimate of drug-likeness (QED) is 0.343. The molecule has 1 aliphatic heterocycles. The maximum atomic E-state index is 11.9. The molecule has 25 heavy (non-hydrogen) atoms. The van der Waals surface area contributed by atoms with E-state index < -0.39 is 0 Å². The SMILES string of the molecule is CCCCB(CCCC)n1cc(Br)c(C=O)c1C1N=C(C)CC1(C)C. The van der Waals surface area contributed by atoms with Gasteiger partial charge in [-0.15, -0.1) is 0 Å². The van der Waals surface area contributed by atoms with Crippen molar-refractivity contribution in [3.05, 3.63) is 21.9 Å². The summed E-state index contributed by atoms with van der Waals surface area (Å²) in [7, 11) is 0. The van der Waals surface area contributed by atoms with Crippen molar-refractivity contribution >= 4 is 34.8 Å². The Bertz CT molecular complexity index is 628. The molecule has 1 atom stereocenters. The number of unbranched alkanes of at least 4 members (excludes halogenated alkanes) is 2. The molecule has 0 saturated heterocycles. The summed E-state index contributed by atoms with van der Waals surface area (Å²) in [6, 6.07) is 0.0600. The average Bonchev–Trinajstić information content (AvgIpc) is 3.01. The zero-order valence-corrected chi connectivity index (χ0v) is 18.0. The minimum absolute atomic E-state index is 0.0530. The van der Waals surface area contributed by atoms with Crippen LogP contribution in [0.1, 0.15) is 88.8 Å². The molecule has 0 bridgehead atoms. The number of hydrogen-bond acceptors (Lipinski definition) is 2. The van der Waals surface area contributed by atoms with Crippen LogP contribution >= 0.6 is 15.9 Å². The van der Waals surface area contributed by atoms with Gasteiger partial charge in [-0.25, -0.2) is 0 Å². The van der Waals surface area contributed by atoms with Gasteiger partial charge in [0.1, 0.15) is 0 Å². The summed E-state index contributed by atoms with van der Waals surface area (Å²) in [5.74, 6) is 0. The van der Waals surface area contributed by atoms with Crippen molar-refractivity contribution in [3.63, 3.8) is 0 Å². The number of aliphatic imine (C=N–C) groups is 1. The molecule has 2 rings (SSSR count). The van der Waals surface area contributed by atoms with E-state index >= 15 is 0 Å². The van der Waals surface area contributed by atoms with E-state index in [2.05, 4.69) is 61.2 Å². The third-order valence-electron chi connectivity index (χ3n) is 5.42. The van der Waals surface area contributed by atoms with Crippen LogP contribution in [0.2, 0.25) is 12.6 Å². The smallest absolute Gasteiger partial charge is 0.259 e. The first-order valence-corrected chi connectivity index (χ1v) is 10.5. The van der Waals surface area contributed by atoms with Crippen LogP contribution < -0.4 is 0 Å². The monoisotopic (exact) mass is 406 g/mol. The minimum atomic E-state index is 0.0530. The van der Waals surface area contributed by atoms with Crippen LogP contribution in [0, 0.1) is 5.41 Å². The fourth-order valence-electron chi connectivity index (χ4n) is 4.16. The molecule has 2 heterocycles. The van der Waals surface area contributed by atoms with Crippen LogP contribution in [0.4, 0.5) is 0 Å². The summed E-state index contributed by atoms with van der Waals surface area (Å²) in [5, 5.41) is 0.